The van der Waals surface area contributed by atoms with E-state index in [1.807, 2.05) is 33.8 Å². The molecular formula is C11H15BrN2OS. The summed E-state index contributed by atoms with van der Waals surface area (Å²) < 4.78 is 16.2. The Labute approximate surface area is 108 Å². The van der Waals surface area contributed by atoms with Crippen molar-refractivity contribution in [2.24, 2.45) is 4.40 Å². The van der Waals surface area contributed by atoms with Gasteiger partial charge in [0, 0.05) is 10.7 Å². The van der Waals surface area contributed by atoms with Crippen molar-refractivity contribution in [2.75, 3.05) is 0 Å². The second kappa shape index (κ2) is 5.29. The fraction of sp³-hybridized carbons (Fsp3) is 0.455. The van der Waals surface area contributed by atoms with E-state index in [4.69, 9.17) is 0 Å². The molecule has 1 aromatic heterocycles. The van der Waals surface area contributed by atoms with Gasteiger partial charge in [0.15, 0.2) is 0 Å². The number of aromatic nitrogens is 1. The first kappa shape index (κ1) is 13.7. The average Bonchev–Trinajstić information content (AvgIpc) is 2.14. The van der Waals surface area contributed by atoms with Gasteiger partial charge in [0.2, 0.25) is 0 Å². The summed E-state index contributed by atoms with van der Waals surface area (Å²) in [4.78, 5) is 4.20. The van der Waals surface area contributed by atoms with Crippen molar-refractivity contribution in [2.45, 2.75) is 32.4 Å². The van der Waals surface area contributed by atoms with Crippen LogP contribution in [-0.2, 0) is 11.4 Å². The van der Waals surface area contributed by atoms with Crippen LogP contribution in [0.5, 0.6) is 0 Å². The summed E-state index contributed by atoms with van der Waals surface area (Å²) in [7, 11) is 0. The molecule has 1 rings (SSSR count). The van der Waals surface area contributed by atoms with Gasteiger partial charge in [-0.3, -0.25) is 4.98 Å². The zero-order valence-corrected chi connectivity index (χ0v) is 12.2. The summed E-state index contributed by atoms with van der Waals surface area (Å²) >= 11 is 2.15. The first-order chi connectivity index (χ1) is 7.30. The largest absolute Gasteiger partial charge is 0.591 e. The van der Waals surface area contributed by atoms with Crippen molar-refractivity contribution in [1.82, 2.24) is 4.98 Å². The SMILES string of the molecule is Cc1cnc(C=N[S+]([O-])C(C)(C)C)c(Br)c1. The molecule has 0 saturated carbocycles. The smallest absolute Gasteiger partial charge is 0.144 e. The maximum atomic E-state index is 11.7. The van der Waals surface area contributed by atoms with Crippen LogP contribution in [0.15, 0.2) is 21.1 Å². The molecular weight excluding hydrogens is 288 g/mol. The fourth-order valence-corrected chi connectivity index (χ4v) is 1.97. The van der Waals surface area contributed by atoms with E-state index in [9.17, 15) is 4.55 Å². The van der Waals surface area contributed by atoms with E-state index in [2.05, 4.69) is 25.3 Å². The van der Waals surface area contributed by atoms with E-state index in [1.54, 1.807) is 12.4 Å². The van der Waals surface area contributed by atoms with Crippen LogP contribution in [0.1, 0.15) is 32.0 Å². The Morgan fingerprint density at radius 2 is 2.12 bits per heavy atom. The van der Waals surface area contributed by atoms with Crippen LogP contribution in [0, 0.1) is 6.92 Å². The monoisotopic (exact) mass is 302 g/mol. The van der Waals surface area contributed by atoms with Crippen LogP contribution in [0.2, 0.25) is 0 Å². The van der Waals surface area contributed by atoms with Gasteiger partial charge in [0.05, 0.1) is 5.69 Å². The molecule has 0 aliphatic carbocycles. The zero-order valence-electron chi connectivity index (χ0n) is 9.82. The summed E-state index contributed by atoms with van der Waals surface area (Å²) in [5.74, 6) is 0. The Kier molecular flexibility index (Phi) is 4.52. The average molecular weight is 303 g/mol. The van der Waals surface area contributed by atoms with Gasteiger partial charge < -0.3 is 4.55 Å². The minimum atomic E-state index is -1.24. The second-order valence-corrected chi connectivity index (χ2v) is 7.26. The van der Waals surface area contributed by atoms with Crippen LogP contribution >= 0.6 is 15.9 Å². The van der Waals surface area contributed by atoms with Gasteiger partial charge in [-0.15, -0.1) is 0 Å². The van der Waals surface area contributed by atoms with Crippen molar-refractivity contribution in [1.29, 1.82) is 0 Å². The molecule has 0 N–H and O–H groups in total. The minimum Gasteiger partial charge on any atom is -0.591 e. The lowest BCUT2D eigenvalue weighted by Crippen LogP contribution is -2.25. The normalized spacial score (nSPS) is 14.4. The minimum absolute atomic E-state index is 0.340. The molecule has 88 valence electrons. The van der Waals surface area contributed by atoms with Gasteiger partial charge >= 0.3 is 0 Å². The Balaban J connectivity index is 2.85. The molecule has 3 nitrogen and oxygen atoms in total. The highest BCUT2D eigenvalue weighted by Crippen LogP contribution is 2.18. The standard InChI is InChI=1S/C11H15BrN2OS/c1-8-5-9(12)10(13-6-8)7-14-16(15)11(2,3)4/h5-7H,1-4H3. The van der Waals surface area contributed by atoms with Crippen LogP contribution in [0.4, 0.5) is 0 Å². The lowest BCUT2D eigenvalue weighted by atomic mass is 10.3. The highest BCUT2D eigenvalue weighted by Gasteiger charge is 2.25. The van der Waals surface area contributed by atoms with Crippen molar-refractivity contribution in [3.63, 3.8) is 0 Å². The molecule has 5 heteroatoms. The van der Waals surface area contributed by atoms with E-state index < -0.39 is 11.4 Å². The summed E-state index contributed by atoms with van der Waals surface area (Å²) in [5, 5.41) is 0. The summed E-state index contributed by atoms with van der Waals surface area (Å²) in [6.07, 6.45) is 3.30. The molecule has 0 fully saturated rings. The number of halogens is 1. The lowest BCUT2D eigenvalue weighted by Gasteiger charge is -2.17. The number of hydrogen-bond acceptors (Lipinski definition) is 3. The molecule has 0 spiro atoms. The predicted molar refractivity (Wildman–Crippen MR) is 72.2 cm³/mol. The van der Waals surface area contributed by atoms with E-state index in [0.29, 0.717) is 5.69 Å². The third kappa shape index (κ3) is 3.88. The van der Waals surface area contributed by atoms with Gasteiger partial charge in [0.1, 0.15) is 22.3 Å². The number of aryl methyl sites for hydroxylation is 1. The Morgan fingerprint density at radius 3 is 2.62 bits per heavy atom. The van der Waals surface area contributed by atoms with E-state index in [0.717, 1.165) is 10.0 Å². The molecule has 1 unspecified atom stereocenters. The molecule has 0 aromatic carbocycles. The number of pyridine rings is 1. The molecule has 0 radical (unpaired) electrons. The maximum absolute atomic E-state index is 11.7. The first-order valence-electron chi connectivity index (χ1n) is 4.89. The summed E-state index contributed by atoms with van der Waals surface area (Å²) in [6, 6.07) is 1.95. The van der Waals surface area contributed by atoms with E-state index in [-0.39, 0.29) is 4.75 Å². The van der Waals surface area contributed by atoms with Gasteiger partial charge in [-0.25, -0.2) is 0 Å². The van der Waals surface area contributed by atoms with Crippen molar-refractivity contribution >= 4 is 33.5 Å². The lowest BCUT2D eigenvalue weighted by molar-refractivity contribution is 0.562. The Bertz CT molecular complexity index is 401. The molecule has 1 atom stereocenters. The first-order valence-corrected chi connectivity index (χ1v) is 6.79. The van der Waals surface area contributed by atoms with Gasteiger partial charge in [0.25, 0.3) is 0 Å². The quantitative estimate of drug-likeness (QED) is 0.623. The molecule has 0 saturated heterocycles. The van der Waals surface area contributed by atoms with Crippen LogP contribution in [0.3, 0.4) is 0 Å². The predicted octanol–water partition coefficient (Wildman–Crippen LogP) is 3.03. The van der Waals surface area contributed by atoms with Crippen LogP contribution in [0.25, 0.3) is 0 Å². The number of nitrogens with zero attached hydrogens (tertiary/aromatic N) is 2. The van der Waals surface area contributed by atoms with Gasteiger partial charge in [-0.1, -0.05) is 4.40 Å². The van der Waals surface area contributed by atoms with Crippen molar-refractivity contribution in [3.8, 4) is 0 Å². The maximum Gasteiger partial charge on any atom is 0.144 e. The highest BCUT2D eigenvalue weighted by atomic mass is 79.9. The third-order valence-electron chi connectivity index (χ3n) is 1.80. The zero-order chi connectivity index (χ0) is 12.3. The number of rotatable bonds is 2. The Hall–Kier alpha value is -0.390. The van der Waals surface area contributed by atoms with Gasteiger partial charge in [-0.2, -0.15) is 0 Å². The van der Waals surface area contributed by atoms with Crippen molar-refractivity contribution < 1.29 is 4.55 Å². The fourth-order valence-electron chi connectivity index (χ4n) is 0.895. The van der Waals surface area contributed by atoms with Crippen LogP contribution < -0.4 is 0 Å². The molecule has 1 heterocycles. The van der Waals surface area contributed by atoms with E-state index >= 15 is 0 Å². The summed E-state index contributed by atoms with van der Waals surface area (Å²) in [5.41, 5.74) is 1.77. The second-order valence-electron chi connectivity index (χ2n) is 4.48. The Morgan fingerprint density at radius 1 is 1.50 bits per heavy atom. The molecule has 0 amide bonds. The topological polar surface area (TPSA) is 48.3 Å². The molecule has 0 aliphatic heterocycles. The number of hydrogen-bond donors (Lipinski definition) is 0. The third-order valence-corrected chi connectivity index (χ3v) is 3.78. The molecule has 16 heavy (non-hydrogen) atoms. The highest BCUT2D eigenvalue weighted by molar-refractivity contribution is 9.10. The van der Waals surface area contributed by atoms with Gasteiger partial charge in [-0.05, 0) is 55.3 Å². The molecule has 1 aromatic rings. The summed E-state index contributed by atoms with van der Waals surface area (Å²) in [6.45, 7) is 7.63. The van der Waals surface area contributed by atoms with E-state index in [1.165, 1.54) is 0 Å². The molecule has 0 bridgehead atoms. The molecule has 0 aliphatic rings. The van der Waals surface area contributed by atoms with Crippen LogP contribution in [-0.4, -0.2) is 20.5 Å². The van der Waals surface area contributed by atoms with Crippen molar-refractivity contribution in [3.05, 3.63) is 28.0 Å².